The van der Waals surface area contributed by atoms with Crippen molar-refractivity contribution in [2.24, 2.45) is 5.41 Å². The van der Waals surface area contributed by atoms with Crippen LogP contribution in [-0.4, -0.2) is 50.6 Å². The molecule has 3 heterocycles. The third-order valence-electron chi connectivity index (χ3n) is 6.01. The first-order valence-corrected chi connectivity index (χ1v) is 10.4. The van der Waals surface area contributed by atoms with Crippen LogP contribution in [0, 0.1) is 5.41 Å². The Balaban J connectivity index is 1.37. The van der Waals surface area contributed by atoms with Crippen molar-refractivity contribution in [3.8, 4) is 0 Å². The van der Waals surface area contributed by atoms with E-state index >= 15 is 0 Å². The quantitative estimate of drug-likeness (QED) is 0.586. The molecular weight excluding hydrogens is 378 g/mol. The molecular formula is C19H28ClN7O. The fraction of sp³-hybridized carbons (Fsp3) is 0.632. The number of rotatable bonds is 6. The lowest BCUT2D eigenvalue weighted by Crippen LogP contribution is -2.41. The summed E-state index contributed by atoms with van der Waals surface area (Å²) in [5.74, 6) is 1.15. The SMILES string of the molecule is OCCn1cc(Nc2ncc(Cl)c(NC3CCC4(CCNCC4)CC3)n2)cn1. The predicted octanol–water partition coefficient (Wildman–Crippen LogP) is 2.79. The molecule has 28 heavy (non-hydrogen) atoms. The number of hydrogen-bond donors (Lipinski definition) is 4. The first-order valence-electron chi connectivity index (χ1n) is 10.1. The van der Waals surface area contributed by atoms with Gasteiger partial charge in [0, 0.05) is 12.2 Å². The molecule has 0 aromatic carbocycles. The van der Waals surface area contributed by atoms with Crippen molar-refractivity contribution >= 4 is 29.1 Å². The highest BCUT2D eigenvalue weighted by Gasteiger charge is 2.36. The van der Waals surface area contributed by atoms with E-state index in [1.807, 2.05) is 0 Å². The van der Waals surface area contributed by atoms with Gasteiger partial charge in [0.25, 0.3) is 0 Å². The van der Waals surface area contributed by atoms with E-state index < -0.39 is 0 Å². The number of nitrogens with zero attached hydrogens (tertiary/aromatic N) is 4. The van der Waals surface area contributed by atoms with Crippen molar-refractivity contribution in [3.63, 3.8) is 0 Å². The van der Waals surface area contributed by atoms with Crippen molar-refractivity contribution in [2.45, 2.75) is 51.1 Å². The van der Waals surface area contributed by atoms with Crippen molar-refractivity contribution in [3.05, 3.63) is 23.6 Å². The summed E-state index contributed by atoms with van der Waals surface area (Å²) >= 11 is 6.34. The van der Waals surface area contributed by atoms with Crippen LogP contribution < -0.4 is 16.0 Å². The Kier molecular flexibility index (Phi) is 5.99. The van der Waals surface area contributed by atoms with Crippen LogP contribution in [0.4, 0.5) is 17.5 Å². The summed E-state index contributed by atoms with van der Waals surface area (Å²) in [5, 5.41) is 23.8. The molecule has 1 saturated heterocycles. The maximum atomic E-state index is 8.99. The highest BCUT2D eigenvalue weighted by Crippen LogP contribution is 2.43. The molecule has 2 aromatic heterocycles. The molecule has 8 nitrogen and oxygen atoms in total. The smallest absolute Gasteiger partial charge is 0.229 e. The largest absolute Gasteiger partial charge is 0.394 e. The molecule has 1 aliphatic heterocycles. The Hall–Kier alpha value is -1.90. The minimum atomic E-state index is 0.0474. The van der Waals surface area contributed by atoms with Crippen LogP contribution in [0.1, 0.15) is 38.5 Å². The van der Waals surface area contributed by atoms with Crippen molar-refractivity contribution in [2.75, 3.05) is 30.3 Å². The highest BCUT2D eigenvalue weighted by molar-refractivity contribution is 6.32. The van der Waals surface area contributed by atoms with Gasteiger partial charge in [0.05, 0.1) is 31.2 Å². The number of piperidine rings is 1. The zero-order chi connectivity index (χ0) is 19.4. The summed E-state index contributed by atoms with van der Waals surface area (Å²) in [7, 11) is 0. The van der Waals surface area contributed by atoms with Crippen LogP contribution in [0.3, 0.4) is 0 Å². The minimum absolute atomic E-state index is 0.0474. The number of aromatic nitrogens is 4. The maximum Gasteiger partial charge on any atom is 0.229 e. The molecule has 9 heteroatoms. The number of anilines is 3. The van der Waals surface area contributed by atoms with Crippen LogP contribution in [0.25, 0.3) is 0 Å². The number of aliphatic hydroxyl groups excluding tert-OH is 1. The minimum Gasteiger partial charge on any atom is -0.394 e. The second-order valence-corrected chi connectivity index (χ2v) is 8.31. The fourth-order valence-corrected chi connectivity index (χ4v) is 4.48. The standard InChI is InChI=1S/C19H28ClN7O/c20-16-12-22-18(25-15-11-23-27(13-15)9-10-28)26-17(16)24-14-1-3-19(4-2-14)5-7-21-8-6-19/h11-14,21,28H,1-10H2,(H2,22,24,25,26). The number of hydrogen-bond acceptors (Lipinski definition) is 7. The Morgan fingerprint density at radius 1 is 1.21 bits per heavy atom. The lowest BCUT2D eigenvalue weighted by molar-refractivity contribution is 0.128. The third kappa shape index (κ3) is 4.56. The number of halogens is 1. The monoisotopic (exact) mass is 405 g/mol. The Morgan fingerprint density at radius 3 is 2.75 bits per heavy atom. The van der Waals surface area contributed by atoms with E-state index in [0.717, 1.165) is 31.6 Å². The predicted molar refractivity (Wildman–Crippen MR) is 110 cm³/mol. The van der Waals surface area contributed by atoms with E-state index in [0.29, 0.717) is 34.8 Å². The zero-order valence-corrected chi connectivity index (χ0v) is 16.8. The first kappa shape index (κ1) is 19.4. The van der Waals surface area contributed by atoms with Gasteiger partial charge in [-0.05, 0) is 57.0 Å². The van der Waals surface area contributed by atoms with E-state index in [9.17, 15) is 0 Å². The van der Waals surface area contributed by atoms with Crippen LogP contribution >= 0.6 is 11.6 Å². The summed E-state index contributed by atoms with van der Waals surface area (Å²) in [6, 6.07) is 0.396. The molecule has 2 aliphatic rings. The second kappa shape index (κ2) is 8.63. The maximum absolute atomic E-state index is 8.99. The van der Waals surface area contributed by atoms with Gasteiger partial charge in [0.1, 0.15) is 5.02 Å². The average molecular weight is 406 g/mol. The van der Waals surface area contributed by atoms with Crippen LogP contribution in [-0.2, 0) is 6.54 Å². The van der Waals surface area contributed by atoms with Crippen LogP contribution in [0.5, 0.6) is 0 Å². The van der Waals surface area contributed by atoms with Gasteiger partial charge in [-0.25, -0.2) is 4.98 Å². The highest BCUT2D eigenvalue weighted by atomic mass is 35.5. The molecule has 0 bridgehead atoms. The topological polar surface area (TPSA) is 99.9 Å². The van der Waals surface area contributed by atoms with Gasteiger partial charge in [0.2, 0.25) is 5.95 Å². The van der Waals surface area contributed by atoms with E-state index in [2.05, 4.69) is 31.0 Å². The van der Waals surface area contributed by atoms with E-state index in [1.165, 1.54) is 25.7 Å². The number of nitrogens with one attached hydrogen (secondary N) is 3. The van der Waals surface area contributed by atoms with E-state index in [-0.39, 0.29) is 6.61 Å². The molecule has 2 fully saturated rings. The normalized spacial score (nSPS) is 19.6. The lowest BCUT2D eigenvalue weighted by Gasteiger charge is -2.43. The van der Waals surface area contributed by atoms with Gasteiger partial charge in [-0.2, -0.15) is 10.1 Å². The van der Waals surface area contributed by atoms with Crippen LogP contribution in [0.2, 0.25) is 5.02 Å². The molecule has 2 aromatic rings. The summed E-state index contributed by atoms with van der Waals surface area (Å²) in [5.41, 5.74) is 1.31. The van der Waals surface area contributed by atoms with Gasteiger partial charge in [-0.1, -0.05) is 11.6 Å². The second-order valence-electron chi connectivity index (χ2n) is 7.90. The Morgan fingerprint density at radius 2 is 2.00 bits per heavy atom. The van der Waals surface area contributed by atoms with Crippen molar-refractivity contribution in [1.82, 2.24) is 25.1 Å². The van der Waals surface area contributed by atoms with Crippen molar-refractivity contribution in [1.29, 1.82) is 0 Å². The third-order valence-corrected chi connectivity index (χ3v) is 6.29. The van der Waals surface area contributed by atoms with Gasteiger partial charge >= 0.3 is 0 Å². The first-order chi connectivity index (χ1) is 13.7. The zero-order valence-electron chi connectivity index (χ0n) is 16.0. The number of aliphatic hydroxyl groups is 1. The van der Waals surface area contributed by atoms with E-state index in [1.54, 1.807) is 23.3 Å². The lowest BCUT2D eigenvalue weighted by atomic mass is 9.67. The summed E-state index contributed by atoms with van der Waals surface area (Å²) in [6.45, 7) is 2.81. The summed E-state index contributed by atoms with van der Waals surface area (Å²) < 4.78 is 1.66. The van der Waals surface area contributed by atoms with Gasteiger partial charge in [0.15, 0.2) is 5.82 Å². The average Bonchev–Trinajstić information content (AvgIpc) is 3.14. The van der Waals surface area contributed by atoms with Crippen LogP contribution in [0.15, 0.2) is 18.6 Å². The summed E-state index contributed by atoms with van der Waals surface area (Å²) in [6.07, 6.45) is 12.5. The molecule has 4 N–H and O–H groups in total. The fourth-order valence-electron chi connectivity index (χ4n) is 4.34. The summed E-state index contributed by atoms with van der Waals surface area (Å²) in [4.78, 5) is 8.82. The van der Waals surface area contributed by atoms with Gasteiger partial charge in [-0.15, -0.1) is 0 Å². The molecule has 1 spiro atoms. The molecule has 1 aliphatic carbocycles. The molecule has 0 atom stereocenters. The van der Waals surface area contributed by atoms with Gasteiger partial charge in [-0.3, -0.25) is 4.68 Å². The Labute approximate surface area is 170 Å². The molecule has 1 saturated carbocycles. The molecule has 152 valence electrons. The molecule has 0 unspecified atom stereocenters. The van der Waals surface area contributed by atoms with E-state index in [4.69, 9.17) is 16.7 Å². The molecule has 4 rings (SSSR count). The molecule has 0 radical (unpaired) electrons. The van der Waals surface area contributed by atoms with Crippen molar-refractivity contribution < 1.29 is 5.11 Å². The molecule has 0 amide bonds. The van der Waals surface area contributed by atoms with Gasteiger partial charge < -0.3 is 21.1 Å². The Bertz CT molecular complexity index is 780.